The molecule has 0 saturated heterocycles. The molecule has 16 heavy (non-hydrogen) atoms. The molecule has 0 saturated carbocycles. The molecule has 0 aromatic carbocycles. The highest BCUT2D eigenvalue weighted by Crippen LogP contribution is 2.25. The van der Waals surface area contributed by atoms with Crippen LogP contribution in [0.4, 0.5) is 0 Å². The summed E-state index contributed by atoms with van der Waals surface area (Å²) in [7, 11) is 2.06. The number of aryl methyl sites for hydroxylation is 1. The Morgan fingerprint density at radius 3 is 2.50 bits per heavy atom. The number of aromatic nitrogens is 1. The molecular weight excluding hydrogens is 220 g/mol. The predicted octanol–water partition coefficient (Wildman–Crippen LogP) is 2.29. The van der Waals surface area contributed by atoms with Gasteiger partial charge in [-0.25, -0.2) is 4.98 Å². The quantitative estimate of drug-likeness (QED) is 0.880. The fourth-order valence-corrected chi connectivity index (χ4v) is 2.77. The Labute approximate surface area is 102 Å². The fourth-order valence-electron chi connectivity index (χ4n) is 1.91. The Hall–Kier alpha value is -0.450. The first-order chi connectivity index (χ1) is 7.34. The van der Waals surface area contributed by atoms with E-state index in [9.17, 15) is 5.11 Å². The van der Waals surface area contributed by atoms with Crippen molar-refractivity contribution in [3.05, 3.63) is 16.1 Å². The molecule has 4 heteroatoms. The molecule has 0 aliphatic rings. The highest BCUT2D eigenvalue weighted by atomic mass is 32.1. The van der Waals surface area contributed by atoms with Crippen LogP contribution in [0.3, 0.4) is 0 Å². The maximum absolute atomic E-state index is 9.46. The summed E-state index contributed by atoms with van der Waals surface area (Å²) in [6.45, 7) is 9.53. The molecule has 0 radical (unpaired) electrons. The van der Waals surface area contributed by atoms with Crippen molar-refractivity contribution < 1.29 is 5.11 Å². The molecule has 0 spiro atoms. The minimum atomic E-state index is 0.0865. The maximum atomic E-state index is 9.46. The van der Waals surface area contributed by atoms with Crippen molar-refractivity contribution in [3.63, 3.8) is 0 Å². The standard InChI is InChI=1S/C12H22N2OS/c1-9-13-6-10(16-9)7-14(5)11(8-15)12(2,3)4/h6,11,15H,7-8H2,1-5H3. The van der Waals surface area contributed by atoms with E-state index < -0.39 is 0 Å². The van der Waals surface area contributed by atoms with Gasteiger partial charge in [0.15, 0.2) is 0 Å². The number of hydrogen-bond acceptors (Lipinski definition) is 4. The van der Waals surface area contributed by atoms with E-state index in [1.54, 1.807) is 11.3 Å². The van der Waals surface area contributed by atoms with Gasteiger partial charge in [-0.05, 0) is 19.4 Å². The summed E-state index contributed by atoms with van der Waals surface area (Å²) in [5.41, 5.74) is 0.0865. The molecule has 1 N–H and O–H groups in total. The second kappa shape index (κ2) is 5.25. The Morgan fingerprint density at radius 1 is 1.50 bits per heavy atom. The Morgan fingerprint density at radius 2 is 2.12 bits per heavy atom. The molecule has 92 valence electrons. The van der Waals surface area contributed by atoms with Crippen LogP contribution in [0.25, 0.3) is 0 Å². The topological polar surface area (TPSA) is 36.4 Å². The lowest BCUT2D eigenvalue weighted by molar-refractivity contribution is 0.0620. The molecule has 0 aliphatic heterocycles. The summed E-state index contributed by atoms with van der Waals surface area (Å²) >= 11 is 1.72. The molecular formula is C12H22N2OS. The van der Waals surface area contributed by atoms with Gasteiger partial charge in [0.05, 0.1) is 11.6 Å². The minimum Gasteiger partial charge on any atom is -0.395 e. The summed E-state index contributed by atoms with van der Waals surface area (Å²) in [5.74, 6) is 0. The Bertz CT molecular complexity index is 330. The van der Waals surface area contributed by atoms with Crippen molar-refractivity contribution in [2.24, 2.45) is 5.41 Å². The first kappa shape index (κ1) is 13.6. The van der Waals surface area contributed by atoms with Crippen LogP contribution < -0.4 is 0 Å². The van der Waals surface area contributed by atoms with E-state index in [1.165, 1.54) is 4.88 Å². The second-order valence-electron chi connectivity index (χ2n) is 5.33. The van der Waals surface area contributed by atoms with E-state index >= 15 is 0 Å². The van der Waals surface area contributed by atoms with Crippen molar-refractivity contribution in [1.82, 2.24) is 9.88 Å². The minimum absolute atomic E-state index is 0.0865. The van der Waals surface area contributed by atoms with Crippen LogP contribution in [0.1, 0.15) is 30.7 Å². The number of aliphatic hydroxyl groups excluding tert-OH is 1. The predicted molar refractivity (Wildman–Crippen MR) is 68.6 cm³/mol. The first-order valence-corrected chi connectivity index (χ1v) is 6.38. The lowest BCUT2D eigenvalue weighted by Gasteiger charge is -2.36. The van der Waals surface area contributed by atoms with Gasteiger partial charge in [-0.3, -0.25) is 4.90 Å². The van der Waals surface area contributed by atoms with E-state index in [0.717, 1.165) is 11.6 Å². The normalized spacial score (nSPS) is 14.4. The van der Waals surface area contributed by atoms with Crippen molar-refractivity contribution in [2.75, 3.05) is 13.7 Å². The summed E-state index contributed by atoms with van der Waals surface area (Å²) in [6, 6.07) is 0.176. The summed E-state index contributed by atoms with van der Waals surface area (Å²) in [4.78, 5) is 7.70. The highest BCUT2D eigenvalue weighted by Gasteiger charge is 2.27. The number of hydrogen-bond donors (Lipinski definition) is 1. The summed E-state index contributed by atoms with van der Waals surface area (Å²) < 4.78 is 0. The van der Waals surface area contributed by atoms with Gasteiger partial charge >= 0.3 is 0 Å². The average Bonchev–Trinajstić information content (AvgIpc) is 2.49. The van der Waals surface area contributed by atoms with E-state index in [0.29, 0.717) is 0 Å². The van der Waals surface area contributed by atoms with Crippen LogP contribution in [0.15, 0.2) is 6.20 Å². The van der Waals surface area contributed by atoms with Crippen LogP contribution >= 0.6 is 11.3 Å². The number of nitrogens with zero attached hydrogens (tertiary/aromatic N) is 2. The van der Waals surface area contributed by atoms with Crippen LogP contribution in [0.5, 0.6) is 0 Å². The van der Waals surface area contributed by atoms with Gasteiger partial charge in [-0.15, -0.1) is 11.3 Å². The monoisotopic (exact) mass is 242 g/mol. The molecule has 1 rings (SSSR count). The van der Waals surface area contributed by atoms with Crippen molar-refractivity contribution >= 4 is 11.3 Å². The van der Waals surface area contributed by atoms with Crippen LogP contribution in [-0.2, 0) is 6.54 Å². The van der Waals surface area contributed by atoms with Crippen molar-refractivity contribution in [3.8, 4) is 0 Å². The zero-order valence-corrected chi connectivity index (χ0v) is 11.6. The maximum Gasteiger partial charge on any atom is 0.0897 e. The third-order valence-electron chi connectivity index (χ3n) is 2.78. The van der Waals surface area contributed by atoms with E-state index in [2.05, 4.69) is 37.7 Å². The lowest BCUT2D eigenvalue weighted by atomic mass is 9.86. The van der Waals surface area contributed by atoms with Crippen LogP contribution in [-0.4, -0.2) is 34.7 Å². The molecule has 3 nitrogen and oxygen atoms in total. The van der Waals surface area contributed by atoms with Gasteiger partial charge in [0, 0.05) is 23.7 Å². The van der Waals surface area contributed by atoms with Crippen molar-refractivity contribution in [2.45, 2.75) is 40.3 Å². The van der Waals surface area contributed by atoms with Gasteiger partial charge < -0.3 is 5.11 Å². The first-order valence-electron chi connectivity index (χ1n) is 5.57. The van der Waals surface area contributed by atoms with Gasteiger partial charge in [0.1, 0.15) is 0 Å². The Kier molecular flexibility index (Phi) is 4.47. The zero-order valence-electron chi connectivity index (χ0n) is 10.8. The molecule has 0 amide bonds. The van der Waals surface area contributed by atoms with Crippen LogP contribution in [0, 0.1) is 12.3 Å². The molecule has 1 unspecified atom stereocenters. The highest BCUT2D eigenvalue weighted by molar-refractivity contribution is 7.11. The molecule has 1 atom stereocenters. The smallest absolute Gasteiger partial charge is 0.0897 e. The molecule has 1 heterocycles. The number of thiazole rings is 1. The van der Waals surface area contributed by atoms with E-state index in [-0.39, 0.29) is 18.1 Å². The fraction of sp³-hybridized carbons (Fsp3) is 0.750. The van der Waals surface area contributed by atoms with E-state index in [1.807, 2.05) is 13.1 Å². The second-order valence-corrected chi connectivity index (χ2v) is 6.64. The van der Waals surface area contributed by atoms with Crippen LogP contribution in [0.2, 0.25) is 0 Å². The molecule has 1 aromatic rings. The summed E-state index contributed by atoms with van der Waals surface area (Å²) in [5, 5.41) is 10.6. The SMILES string of the molecule is Cc1ncc(CN(C)C(CO)C(C)(C)C)s1. The van der Waals surface area contributed by atoms with Crippen molar-refractivity contribution in [1.29, 1.82) is 0 Å². The van der Waals surface area contributed by atoms with Gasteiger partial charge in [0.25, 0.3) is 0 Å². The lowest BCUT2D eigenvalue weighted by Crippen LogP contribution is -2.43. The Balaban J connectivity index is 2.66. The molecule has 0 aliphatic carbocycles. The van der Waals surface area contributed by atoms with Gasteiger partial charge in [0.2, 0.25) is 0 Å². The van der Waals surface area contributed by atoms with Gasteiger partial charge in [-0.1, -0.05) is 20.8 Å². The summed E-state index contributed by atoms with van der Waals surface area (Å²) in [6.07, 6.45) is 1.92. The van der Waals surface area contributed by atoms with Gasteiger partial charge in [-0.2, -0.15) is 0 Å². The number of aliphatic hydroxyl groups is 1. The van der Waals surface area contributed by atoms with E-state index in [4.69, 9.17) is 0 Å². The molecule has 0 fully saturated rings. The third-order valence-corrected chi connectivity index (χ3v) is 3.68. The number of likely N-dealkylation sites (N-methyl/N-ethyl adjacent to an activating group) is 1. The third kappa shape index (κ3) is 3.54. The average molecular weight is 242 g/mol. The molecule has 0 bridgehead atoms. The zero-order chi connectivity index (χ0) is 12.3. The largest absolute Gasteiger partial charge is 0.395 e. The molecule has 1 aromatic heterocycles. The number of rotatable bonds is 4.